The minimum atomic E-state index is -0.223. The summed E-state index contributed by atoms with van der Waals surface area (Å²) in [6.45, 7) is 15.9. The summed E-state index contributed by atoms with van der Waals surface area (Å²) in [7, 11) is 4.11. The van der Waals surface area contributed by atoms with Gasteiger partial charge in [-0.1, -0.05) is 33.8 Å². The Morgan fingerprint density at radius 1 is 1.35 bits per heavy atom. The van der Waals surface area contributed by atoms with E-state index in [9.17, 15) is 4.79 Å². The van der Waals surface area contributed by atoms with Gasteiger partial charge in [-0.2, -0.15) is 0 Å². The molecule has 0 aliphatic carbocycles. The van der Waals surface area contributed by atoms with E-state index in [0.29, 0.717) is 31.3 Å². The van der Waals surface area contributed by atoms with Crippen molar-refractivity contribution in [2.24, 2.45) is 16.8 Å². The van der Waals surface area contributed by atoms with Crippen molar-refractivity contribution in [2.75, 3.05) is 53.4 Å². The van der Waals surface area contributed by atoms with Crippen LogP contribution in [0.2, 0.25) is 0 Å². The average Bonchev–Trinajstić information content (AvgIpc) is 2.70. The zero-order valence-electron chi connectivity index (χ0n) is 20.7. The highest BCUT2D eigenvalue weighted by atomic mass is 16.1. The fourth-order valence-electron chi connectivity index (χ4n) is 4.22. The molecule has 0 fully saturated rings. The Morgan fingerprint density at radius 2 is 2.10 bits per heavy atom. The van der Waals surface area contributed by atoms with E-state index < -0.39 is 0 Å². The topological polar surface area (TPSA) is 72.0 Å². The maximum atomic E-state index is 12.3. The predicted octanol–water partition coefficient (Wildman–Crippen LogP) is 2.19. The molecular formula is C24H44N6O. The number of carbonyl (C=O) groups excluding carboxylic acids is 1. The van der Waals surface area contributed by atoms with Gasteiger partial charge >= 0.3 is 0 Å². The van der Waals surface area contributed by atoms with Crippen LogP contribution in [0, 0.1) is 11.8 Å². The average molecular weight is 433 g/mol. The number of carbonyl (C=O) groups is 1. The molecule has 2 aliphatic rings. The minimum Gasteiger partial charge on any atom is -0.352 e. The highest BCUT2D eigenvalue weighted by molar-refractivity contribution is 5.96. The Kier molecular flexibility index (Phi) is 9.72. The van der Waals surface area contributed by atoms with Gasteiger partial charge in [-0.05, 0) is 51.6 Å². The Balaban J connectivity index is 2.16. The van der Waals surface area contributed by atoms with Crippen LogP contribution in [0.5, 0.6) is 0 Å². The first kappa shape index (κ1) is 25.6. The van der Waals surface area contributed by atoms with Gasteiger partial charge in [-0.15, -0.1) is 0 Å². The molecule has 1 amide bonds. The zero-order chi connectivity index (χ0) is 23.0. The maximum Gasteiger partial charge on any atom is 0.220 e. The molecule has 0 spiro atoms. The van der Waals surface area contributed by atoms with Gasteiger partial charge in [0.1, 0.15) is 5.84 Å². The third kappa shape index (κ3) is 6.89. The molecule has 0 saturated heterocycles. The van der Waals surface area contributed by atoms with Gasteiger partial charge in [0.2, 0.25) is 5.91 Å². The van der Waals surface area contributed by atoms with E-state index in [4.69, 9.17) is 4.99 Å². The van der Waals surface area contributed by atoms with Crippen molar-refractivity contribution in [3.63, 3.8) is 0 Å². The van der Waals surface area contributed by atoms with E-state index in [1.54, 1.807) is 0 Å². The van der Waals surface area contributed by atoms with Crippen molar-refractivity contribution in [2.45, 2.75) is 53.1 Å². The molecule has 7 heteroatoms. The Labute approximate surface area is 189 Å². The quantitative estimate of drug-likeness (QED) is 0.441. The monoisotopic (exact) mass is 432 g/mol. The van der Waals surface area contributed by atoms with Crippen molar-refractivity contribution >= 4 is 11.7 Å². The molecule has 176 valence electrons. The number of nitrogens with one attached hydrogen (secondary N) is 3. The lowest BCUT2D eigenvalue weighted by Crippen LogP contribution is -2.65. The largest absolute Gasteiger partial charge is 0.352 e. The van der Waals surface area contributed by atoms with Crippen LogP contribution in [0.25, 0.3) is 0 Å². The highest BCUT2D eigenvalue weighted by Crippen LogP contribution is 2.32. The number of hydrogen-bond donors (Lipinski definition) is 3. The van der Waals surface area contributed by atoms with E-state index in [1.807, 2.05) is 7.05 Å². The maximum absolute atomic E-state index is 12.3. The lowest BCUT2D eigenvalue weighted by molar-refractivity contribution is -0.121. The van der Waals surface area contributed by atoms with E-state index in [0.717, 1.165) is 37.7 Å². The van der Waals surface area contributed by atoms with Crippen molar-refractivity contribution in [3.05, 3.63) is 23.4 Å². The van der Waals surface area contributed by atoms with Crippen molar-refractivity contribution in [3.8, 4) is 0 Å². The van der Waals surface area contributed by atoms with Crippen LogP contribution >= 0.6 is 0 Å². The van der Waals surface area contributed by atoms with Gasteiger partial charge in [0, 0.05) is 45.1 Å². The van der Waals surface area contributed by atoms with Gasteiger partial charge in [-0.25, -0.2) is 4.99 Å². The van der Waals surface area contributed by atoms with Crippen LogP contribution in [-0.2, 0) is 4.79 Å². The van der Waals surface area contributed by atoms with Crippen LogP contribution < -0.4 is 16.0 Å². The number of likely N-dealkylation sites (N-methyl/N-ethyl adjacent to an activating group) is 2. The van der Waals surface area contributed by atoms with Crippen molar-refractivity contribution < 1.29 is 4.79 Å². The Hall–Kier alpha value is -1.70. The first-order valence-electron chi connectivity index (χ1n) is 11.8. The number of nitrogens with zero attached hydrogens (tertiary/aromatic N) is 3. The van der Waals surface area contributed by atoms with Crippen LogP contribution in [0.3, 0.4) is 0 Å². The standard InChI is InChI=1S/C24H44N6O/c1-8-12-29(7)13-11-27-24(5)19(4)9-10-22-28-21(16-25-6)20(17-30(22)24)15-26-23(31)14-18(2)3/h9-10,18-19,25,27H,8,11-17H2,1-7H3,(H,26,31). The molecule has 0 bridgehead atoms. The third-order valence-corrected chi connectivity index (χ3v) is 6.28. The van der Waals surface area contributed by atoms with Crippen LogP contribution in [0.4, 0.5) is 0 Å². The summed E-state index contributed by atoms with van der Waals surface area (Å²) in [5.74, 6) is 1.80. The smallest absolute Gasteiger partial charge is 0.220 e. The third-order valence-electron chi connectivity index (χ3n) is 6.28. The highest BCUT2D eigenvalue weighted by Gasteiger charge is 2.41. The van der Waals surface area contributed by atoms with Crippen LogP contribution in [-0.4, -0.2) is 80.6 Å². The van der Waals surface area contributed by atoms with Gasteiger partial charge in [0.25, 0.3) is 0 Å². The normalized spacial score (nSPS) is 23.5. The van der Waals surface area contributed by atoms with Gasteiger partial charge in [-0.3, -0.25) is 10.1 Å². The molecule has 2 rings (SSSR count). The van der Waals surface area contributed by atoms with Crippen molar-refractivity contribution in [1.29, 1.82) is 0 Å². The first-order valence-corrected chi connectivity index (χ1v) is 11.8. The summed E-state index contributed by atoms with van der Waals surface area (Å²) in [4.78, 5) is 22.0. The van der Waals surface area contributed by atoms with Gasteiger partial charge in [0.05, 0.1) is 11.4 Å². The number of hydrogen-bond acceptors (Lipinski definition) is 6. The summed E-state index contributed by atoms with van der Waals surface area (Å²) in [5.41, 5.74) is 1.98. The number of rotatable bonds is 12. The summed E-state index contributed by atoms with van der Waals surface area (Å²) in [6.07, 6.45) is 6.11. The van der Waals surface area contributed by atoms with E-state index in [1.165, 1.54) is 12.0 Å². The van der Waals surface area contributed by atoms with E-state index in [2.05, 4.69) is 79.6 Å². The fraction of sp³-hybridized carbons (Fsp3) is 0.750. The zero-order valence-corrected chi connectivity index (χ0v) is 20.7. The Morgan fingerprint density at radius 3 is 2.74 bits per heavy atom. The number of aliphatic imine (C=N–C) groups is 1. The number of amidine groups is 1. The molecule has 0 radical (unpaired) electrons. The summed E-state index contributed by atoms with van der Waals surface area (Å²) < 4.78 is 0. The minimum absolute atomic E-state index is 0.104. The first-order chi connectivity index (χ1) is 14.7. The molecule has 0 aromatic heterocycles. The van der Waals surface area contributed by atoms with E-state index in [-0.39, 0.29) is 11.6 Å². The second kappa shape index (κ2) is 11.8. The Bertz CT molecular complexity index is 698. The SMILES string of the molecule is CCCN(C)CCNC1(C)C(C)C=CC2=NC(CNC)=C(CNC(=O)CC(C)C)CN21. The summed E-state index contributed by atoms with van der Waals surface area (Å²) >= 11 is 0. The molecule has 31 heavy (non-hydrogen) atoms. The molecule has 0 aromatic carbocycles. The molecule has 2 atom stereocenters. The van der Waals surface area contributed by atoms with Gasteiger partial charge < -0.3 is 20.4 Å². The molecule has 2 heterocycles. The van der Waals surface area contributed by atoms with Crippen molar-refractivity contribution in [1.82, 2.24) is 25.8 Å². The molecule has 7 nitrogen and oxygen atoms in total. The molecule has 0 aromatic rings. The molecule has 0 saturated carbocycles. The van der Waals surface area contributed by atoms with Crippen LogP contribution in [0.1, 0.15) is 47.5 Å². The summed E-state index contributed by atoms with van der Waals surface area (Å²) in [5, 5.41) is 10.2. The molecular weight excluding hydrogens is 388 g/mol. The fourth-order valence-corrected chi connectivity index (χ4v) is 4.22. The molecule has 3 N–H and O–H groups in total. The van der Waals surface area contributed by atoms with E-state index >= 15 is 0 Å². The summed E-state index contributed by atoms with van der Waals surface area (Å²) in [6, 6.07) is 0. The second-order valence-corrected chi connectivity index (χ2v) is 9.54. The molecule has 2 aliphatic heterocycles. The lowest BCUT2D eigenvalue weighted by Gasteiger charge is -2.50. The number of amides is 1. The molecule has 2 unspecified atom stereocenters. The van der Waals surface area contributed by atoms with Crippen LogP contribution in [0.15, 0.2) is 28.4 Å². The van der Waals surface area contributed by atoms with Gasteiger partial charge in [0.15, 0.2) is 0 Å². The lowest BCUT2D eigenvalue weighted by atomic mass is 9.88. The number of fused-ring (bicyclic) bond motifs is 1. The predicted molar refractivity (Wildman–Crippen MR) is 130 cm³/mol. The second-order valence-electron chi connectivity index (χ2n) is 9.54.